The van der Waals surface area contributed by atoms with Crippen molar-refractivity contribution in [3.63, 3.8) is 0 Å². The number of fused-ring (bicyclic) bond motifs is 1. The Balaban J connectivity index is 1.49. The predicted octanol–water partition coefficient (Wildman–Crippen LogP) is 1.09. The van der Waals surface area contributed by atoms with Crippen molar-refractivity contribution in [1.82, 2.24) is 15.1 Å². The molecule has 1 aromatic carbocycles. The molecule has 0 radical (unpaired) electrons. The van der Waals surface area contributed by atoms with Gasteiger partial charge in [-0.25, -0.2) is 4.79 Å². The number of hydrogen-bond acceptors (Lipinski definition) is 5. The van der Waals surface area contributed by atoms with Crippen LogP contribution in [0.15, 0.2) is 24.3 Å². The van der Waals surface area contributed by atoms with Crippen molar-refractivity contribution in [3.8, 4) is 11.5 Å². The van der Waals surface area contributed by atoms with Gasteiger partial charge in [0.2, 0.25) is 0 Å². The number of carbonyl (C=O) groups excluding carboxylic acids is 2. The fourth-order valence-electron chi connectivity index (χ4n) is 2.88. The number of amides is 3. The third kappa shape index (κ3) is 3.31. The van der Waals surface area contributed by atoms with Crippen molar-refractivity contribution < 1.29 is 19.1 Å². The molecule has 130 valence electrons. The Labute approximate surface area is 141 Å². The van der Waals surface area contributed by atoms with E-state index >= 15 is 0 Å². The second kappa shape index (κ2) is 6.32. The highest BCUT2D eigenvalue weighted by Gasteiger charge is 2.43. The largest absolute Gasteiger partial charge is 0.486 e. The lowest BCUT2D eigenvalue weighted by atomic mass is 10.1. The van der Waals surface area contributed by atoms with E-state index in [-0.39, 0.29) is 18.0 Å². The van der Waals surface area contributed by atoms with E-state index in [9.17, 15) is 9.59 Å². The van der Waals surface area contributed by atoms with Gasteiger partial charge in [-0.05, 0) is 33.0 Å². The van der Waals surface area contributed by atoms with Crippen LogP contribution in [0.25, 0.3) is 0 Å². The predicted molar refractivity (Wildman–Crippen MR) is 88.2 cm³/mol. The average Bonchev–Trinajstić information content (AvgIpc) is 2.73. The highest BCUT2D eigenvalue weighted by molar-refractivity contribution is 6.06. The third-order valence-corrected chi connectivity index (χ3v) is 4.23. The SMILES string of the molecule is CN(CCN1C(=O)NC(C)(C)C1=O)C[C@H]1COc2ccccc2O1. The van der Waals surface area contributed by atoms with Gasteiger partial charge in [0.1, 0.15) is 18.2 Å². The lowest BCUT2D eigenvalue weighted by molar-refractivity contribution is -0.130. The molecule has 24 heavy (non-hydrogen) atoms. The van der Waals surface area contributed by atoms with Crippen LogP contribution in [-0.2, 0) is 4.79 Å². The van der Waals surface area contributed by atoms with Crippen LogP contribution in [0.3, 0.4) is 0 Å². The summed E-state index contributed by atoms with van der Waals surface area (Å²) < 4.78 is 11.6. The van der Waals surface area contributed by atoms with Gasteiger partial charge in [0.05, 0.1) is 0 Å². The van der Waals surface area contributed by atoms with Gasteiger partial charge in [0.25, 0.3) is 5.91 Å². The van der Waals surface area contributed by atoms with E-state index in [0.717, 1.165) is 11.5 Å². The minimum absolute atomic E-state index is 0.0792. The number of hydrogen-bond donors (Lipinski definition) is 1. The van der Waals surface area contributed by atoms with E-state index in [1.54, 1.807) is 13.8 Å². The minimum atomic E-state index is -0.820. The molecule has 0 bridgehead atoms. The highest BCUT2D eigenvalue weighted by Crippen LogP contribution is 2.30. The molecule has 2 aliphatic heterocycles. The summed E-state index contributed by atoms with van der Waals surface area (Å²) in [6, 6.07) is 7.26. The molecule has 0 unspecified atom stereocenters. The summed E-state index contributed by atoms with van der Waals surface area (Å²) in [6.45, 7) is 5.49. The number of nitrogens with one attached hydrogen (secondary N) is 1. The van der Waals surface area contributed by atoms with Crippen molar-refractivity contribution >= 4 is 11.9 Å². The van der Waals surface area contributed by atoms with Crippen molar-refractivity contribution in [2.24, 2.45) is 0 Å². The maximum Gasteiger partial charge on any atom is 0.325 e. The van der Waals surface area contributed by atoms with Gasteiger partial charge in [0.15, 0.2) is 11.5 Å². The first kappa shape index (κ1) is 16.6. The van der Waals surface area contributed by atoms with Gasteiger partial charge < -0.3 is 19.7 Å². The second-order valence-electron chi connectivity index (χ2n) is 6.77. The summed E-state index contributed by atoms with van der Waals surface area (Å²) in [7, 11) is 1.94. The summed E-state index contributed by atoms with van der Waals surface area (Å²) in [5, 5.41) is 2.68. The maximum absolute atomic E-state index is 12.2. The molecule has 7 heteroatoms. The van der Waals surface area contributed by atoms with E-state index in [1.807, 2.05) is 36.2 Å². The molecule has 3 amide bonds. The van der Waals surface area contributed by atoms with Crippen LogP contribution in [-0.4, -0.2) is 66.7 Å². The Morgan fingerprint density at radius 1 is 1.29 bits per heavy atom. The number of likely N-dealkylation sites (N-methyl/N-ethyl adjacent to an activating group) is 1. The quantitative estimate of drug-likeness (QED) is 0.817. The van der Waals surface area contributed by atoms with Gasteiger partial charge in [-0.2, -0.15) is 0 Å². The number of para-hydroxylation sites is 2. The maximum atomic E-state index is 12.2. The van der Waals surface area contributed by atoms with Crippen LogP contribution in [0.2, 0.25) is 0 Å². The molecule has 2 aliphatic rings. The summed E-state index contributed by atoms with van der Waals surface area (Å²) in [5.41, 5.74) is -0.820. The van der Waals surface area contributed by atoms with E-state index < -0.39 is 5.54 Å². The average molecular weight is 333 g/mol. The molecule has 0 spiro atoms. The van der Waals surface area contributed by atoms with Crippen molar-refractivity contribution in [2.45, 2.75) is 25.5 Å². The van der Waals surface area contributed by atoms with Gasteiger partial charge >= 0.3 is 6.03 Å². The van der Waals surface area contributed by atoms with Crippen LogP contribution < -0.4 is 14.8 Å². The molecule has 1 atom stereocenters. The third-order valence-electron chi connectivity index (χ3n) is 4.23. The number of rotatable bonds is 5. The van der Waals surface area contributed by atoms with Crippen LogP contribution >= 0.6 is 0 Å². The van der Waals surface area contributed by atoms with E-state index in [4.69, 9.17) is 9.47 Å². The van der Waals surface area contributed by atoms with Crippen LogP contribution in [0.4, 0.5) is 4.79 Å². The van der Waals surface area contributed by atoms with E-state index in [2.05, 4.69) is 5.32 Å². The lowest BCUT2D eigenvalue weighted by Gasteiger charge is -2.30. The zero-order valence-corrected chi connectivity index (χ0v) is 14.2. The van der Waals surface area contributed by atoms with Gasteiger partial charge in [0, 0.05) is 19.6 Å². The molecule has 1 saturated heterocycles. The number of carbonyl (C=O) groups is 2. The molecule has 7 nitrogen and oxygen atoms in total. The fourth-order valence-corrected chi connectivity index (χ4v) is 2.88. The molecule has 1 aromatic rings. The number of imide groups is 1. The smallest absolute Gasteiger partial charge is 0.325 e. The van der Waals surface area contributed by atoms with Crippen LogP contribution in [0.1, 0.15) is 13.8 Å². The zero-order valence-electron chi connectivity index (χ0n) is 14.2. The molecule has 2 heterocycles. The second-order valence-corrected chi connectivity index (χ2v) is 6.77. The normalized spacial score (nSPS) is 22.0. The lowest BCUT2D eigenvalue weighted by Crippen LogP contribution is -2.44. The van der Waals surface area contributed by atoms with Gasteiger partial charge in [-0.1, -0.05) is 12.1 Å². The zero-order chi connectivity index (χ0) is 17.3. The van der Waals surface area contributed by atoms with Gasteiger partial charge in [-0.3, -0.25) is 9.69 Å². The number of urea groups is 1. The summed E-state index contributed by atoms with van der Waals surface area (Å²) in [6.07, 6.45) is -0.0792. The van der Waals surface area contributed by atoms with Crippen molar-refractivity contribution in [2.75, 3.05) is 33.3 Å². The van der Waals surface area contributed by atoms with Crippen molar-refractivity contribution in [3.05, 3.63) is 24.3 Å². The van der Waals surface area contributed by atoms with Crippen LogP contribution in [0.5, 0.6) is 11.5 Å². The van der Waals surface area contributed by atoms with E-state index in [1.165, 1.54) is 4.90 Å². The molecule has 1 fully saturated rings. The molecular formula is C17H23N3O4. The minimum Gasteiger partial charge on any atom is -0.486 e. The number of nitrogens with zero attached hydrogens (tertiary/aromatic N) is 2. The summed E-state index contributed by atoms with van der Waals surface area (Å²) in [5.74, 6) is 1.32. The summed E-state index contributed by atoms with van der Waals surface area (Å²) in [4.78, 5) is 27.3. The van der Waals surface area contributed by atoms with Crippen LogP contribution in [0, 0.1) is 0 Å². The van der Waals surface area contributed by atoms with Gasteiger partial charge in [-0.15, -0.1) is 0 Å². The first-order valence-corrected chi connectivity index (χ1v) is 8.08. The molecular weight excluding hydrogens is 310 g/mol. The number of benzene rings is 1. The van der Waals surface area contributed by atoms with Crippen molar-refractivity contribution in [1.29, 1.82) is 0 Å². The standard InChI is InChI=1S/C17H23N3O4/c1-17(2)15(21)20(16(22)18-17)9-8-19(3)10-12-11-23-13-6-4-5-7-14(13)24-12/h4-7,12H,8-11H2,1-3H3,(H,18,22)/t12-/m0/s1. The molecule has 1 N–H and O–H groups in total. The Morgan fingerprint density at radius 3 is 2.67 bits per heavy atom. The topological polar surface area (TPSA) is 71.1 Å². The van der Waals surface area contributed by atoms with E-state index in [0.29, 0.717) is 26.2 Å². The molecule has 0 aliphatic carbocycles. The summed E-state index contributed by atoms with van der Waals surface area (Å²) >= 11 is 0. The Morgan fingerprint density at radius 2 is 2.00 bits per heavy atom. The molecule has 0 aromatic heterocycles. The Hall–Kier alpha value is -2.28. The first-order valence-electron chi connectivity index (χ1n) is 8.08. The fraction of sp³-hybridized carbons (Fsp3) is 0.529. The first-order chi connectivity index (χ1) is 11.4. The molecule has 3 rings (SSSR count). The Kier molecular flexibility index (Phi) is 4.36. The highest BCUT2D eigenvalue weighted by atomic mass is 16.6. The monoisotopic (exact) mass is 333 g/mol. The number of ether oxygens (including phenoxy) is 2. The molecule has 0 saturated carbocycles. The Bertz CT molecular complexity index is 646.